The standard InChI is InChI=1S/C5H8.3CH4/c1-3-5-4-2;;;/h3H2,1-2H3;3*1H4. The highest BCUT2D eigenvalue weighted by Gasteiger charge is 1.48. The summed E-state index contributed by atoms with van der Waals surface area (Å²) < 4.78 is 0. The van der Waals surface area contributed by atoms with E-state index in [9.17, 15) is 0 Å². The molecule has 0 saturated heterocycles. The van der Waals surface area contributed by atoms with Gasteiger partial charge in [0.2, 0.25) is 0 Å². The van der Waals surface area contributed by atoms with Gasteiger partial charge in [-0.05, 0) is 6.92 Å². The summed E-state index contributed by atoms with van der Waals surface area (Å²) in [5.41, 5.74) is 0. The molecule has 0 spiro atoms. The lowest BCUT2D eigenvalue weighted by molar-refractivity contribution is 1.28. The van der Waals surface area contributed by atoms with Crippen LogP contribution in [0.4, 0.5) is 0 Å². The molecule has 0 aliphatic rings. The van der Waals surface area contributed by atoms with Crippen molar-refractivity contribution in [2.24, 2.45) is 0 Å². The summed E-state index contributed by atoms with van der Waals surface area (Å²) in [5, 5.41) is 0. The first-order valence-electron chi connectivity index (χ1n) is 1.81. The van der Waals surface area contributed by atoms with Crippen molar-refractivity contribution in [2.45, 2.75) is 42.5 Å². The zero-order valence-corrected chi connectivity index (χ0v) is 3.71. The van der Waals surface area contributed by atoms with Gasteiger partial charge in [-0.2, -0.15) is 0 Å². The minimum atomic E-state index is 0. The molecule has 0 saturated carbocycles. The third kappa shape index (κ3) is 47.5. The molecular weight excluding hydrogens is 96.1 g/mol. The molecule has 0 unspecified atom stereocenters. The molecule has 0 aliphatic carbocycles. The summed E-state index contributed by atoms with van der Waals surface area (Å²) in [6, 6.07) is 0. The number of hydrogen-bond acceptors (Lipinski definition) is 0. The minimum Gasteiger partial charge on any atom is -0.107 e. The maximum absolute atomic E-state index is 2.86. The highest BCUT2D eigenvalue weighted by Crippen LogP contribution is 1.62. The fraction of sp³-hybridized carbons (Fsp3) is 0.750. The second-order valence-corrected chi connectivity index (χ2v) is 0.780. The van der Waals surface area contributed by atoms with Crippen LogP contribution in [0.15, 0.2) is 0 Å². The lowest BCUT2D eigenvalue weighted by Crippen LogP contribution is -1.45. The highest BCUT2D eigenvalue weighted by atomic mass is 13.5. The van der Waals surface area contributed by atoms with Crippen LogP contribution < -0.4 is 0 Å². The fourth-order valence-electron chi connectivity index (χ4n) is 0.177. The van der Waals surface area contributed by atoms with Crippen LogP contribution in [0.3, 0.4) is 0 Å². The predicted octanol–water partition coefficient (Wildman–Crippen LogP) is 3.33. The van der Waals surface area contributed by atoms with Crippen LogP contribution in [0.1, 0.15) is 42.5 Å². The largest absolute Gasteiger partial charge is 0.107 e. The Morgan fingerprint density at radius 2 is 1.50 bits per heavy atom. The normalized spacial score (nSPS) is 3.25. The SMILES string of the molecule is C.C.C.CC#CCC. The lowest BCUT2D eigenvalue weighted by atomic mass is 10.5. The summed E-state index contributed by atoms with van der Waals surface area (Å²) in [7, 11) is 0. The van der Waals surface area contributed by atoms with E-state index in [4.69, 9.17) is 0 Å². The smallest absolute Gasteiger partial charge is 0.00601 e. The molecule has 8 heavy (non-hydrogen) atoms. The summed E-state index contributed by atoms with van der Waals surface area (Å²) in [5.74, 6) is 5.63. The molecule has 0 aliphatic heterocycles. The van der Waals surface area contributed by atoms with Crippen LogP contribution in [0.25, 0.3) is 0 Å². The highest BCUT2D eigenvalue weighted by molar-refractivity contribution is 4.92. The maximum atomic E-state index is 2.86. The van der Waals surface area contributed by atoms with Gasteiger partial charge in [0.15, 0.2) is 0 Å². The Labute approximate surface area is 55.3 Å². The number of hydrogen-bond donors (Lipinski definition) is 0. The van der Waals surface area contributed by atoms with E-state index in [1.807, 2.05) is 13.8 Å². The Morgan fingerprint density at radius 3 is 1.50 bits per heavy atom. The third-order valence-corrected chi connectivity index (χ3v) is 0.354. The van der Waals surface area contributed by atoms with Crippen LogP contribution in [0.2, 0.25) is 0 Å². The van der Waals surface area contributed by atoms with Crippen molar-refractivity contribution in [3.8, 4) is 11.8 Å². The Hall–Kier alpha value is -0.440. The molecule has 0 heterocycles. The molecule has 52 valence electrons. The van der Waals surface area contributed by atoms with Gasteiger partial charge in [-0.15, -0.1) is 11.8 Å². The second kappa shape index (κ2) is 30.9. The van der Waals surface area contributed by atoms with Gasteiger partial charge in [0.1, 0.15) is 0 Å². The second-order valence-electron chi connectivity index (χ2n) is 0.780. The molecule has 0 fully saturated rings. The topological polar surface area (TPSA) is 0 Å². The first-order chi connectivity index (χ1) is 2.41. The van der Waals surface area contributed by atoms with Crippen LogP contribution in [0, 0.1) is 11.8 Å². The van der Waals surface area contributed by atoms with Crippen molar-refractivity contribution in [2.75, 3.05) is 0 Å². The van der Waals surface area contributed by atoms with Gasteiger partial charge < -0.3 is 0 Å². The van der Waals surface area contributed by atoms with Gasteiger partial charge in [0, 0.05) is 6.42 Å². The average Bonchev–Trinajstić information content (AvgIpc) is 1.41. The Kier molecular flexibility index (Phi) is 99.3. The molecule has 0 aromatic carbocycles. The van der Waals surface area contributed by atoms with E-state index >= 15 is 0 Å². The van der Waals surface area contributed by atoms with E-state index in [0.29, 0.717) is 0 Å². The van der Waals surface area contributed by atoms with Gasteiger partial charge in [0.25, 0.3) is 0 Å². The molecular formula is C8H20. The molecule has 0 bridgehead atoms. The van der Waals surface area contributed by atoms with Crippen LogP contribution in [-0.4, -0.2) is 0 Å². The van der Waals surface area contributed by atoms with Gasteiger partial charge in [-0.25, -0.2) is 0 Å². The predicted molar refractivity (Wildman–Crippen MR) is 43.9 cm³/mol. The molecule has 0 atom stereocenters. The van der Waals surface area contributed by atoms with E-state index in [1.54, 1.807) is 0 Å². The molecule has 0 radical (unpaired) electrons. The maximum Gasteiger partial charge on any atom is 0.00601 e. The van der Waals surface area contributed by atoms with Crippen molar-refractivity contribution < 1.29 is 0 Å². The van der Waals surface area contributed by atoms with E-state index in [-0.39, 0.29) is 22.3 Å². The Balaban J connectivity index is -0.0000000267. The molecule has 0 heteroatoms. The summed E-state index contributed by atoms with van der Waals surface area (Å²) in [4.78, 5) is 0. The number of rotatable bonds is 0. The van der Waals surface area contributed by atoms with Crippen LogP contribution >= 0.6 is 0 Å². The van der Waals surface area contributed by atoms with Crippen LogP contribution in [-0.2, 0) is 0 Å². The van der Waals surface area contributed by atoms with E-state index < -0.39 is 0 Å². The van der Waals surface area contributed by atoms with Gasteiger partial charge in [-0.1, -0.05) is 29.2 Å². The van der Waals surface area contributed by atoms with Crippen molar-refractivity contribution >= 4 is 0 Å². The van der Waals surface area contributed by atoms with Crippen molar-refractivity contribution in [3.05, 3.63) is 0 Å². The lowest BCUT2D eigenvalue weighted by Gasteiger charge is -1.58. The van der Waals surface area contributed by atoms with Crippen LogP contribution in [0.5, 0.6) is 0 Å². The van der Waals surface area contributed by atoms with E-state index in [1.165, 1.54) is 0 Å². The van der Waals surface area contributed by atoms with Gasteiger partial charge in [-0.3, -0.25) is 0 Å². The Bertz CT molecular complexity index is 52.2. The molecule has 0 aromatic heterocycles. The quantitative estimate of drug-likeness (QED) is 0.426. The monoisotopic (exact) mass is 116 g/mol. The zero-order valence-electron chi connectivity index (χ0n) is 3.71. The average molecular weight is 116 g/mol. The van der Waals surface area contributed by atoms with Gasteiger partial charge in [0.05, 0.1) is 0 Å². The van der Waals surface area contributed by atoms with E-state index in [2.05, 4.69) is 11.8 Å². The van der Waals surface area contributed by atoms with E-state index in [0.717, 1.165) is 6.42 Å². The van der Waals surface area contributed by atoms with Crippen molar-refractivity contribution in [3.63, 3.8) is 0 Å². The molecule has 0 aromatic rings. The zero-order chi connectivity index (χ0) is 4.12. The van der Waals surface area contributed by atoms with Crippen molar-refractivity contribution in [1.29, 1.82) is 0 Å². The minimum absolute atomic E-state index is 0. The first-order valence-corrected chi connectivity index (χ1v) is 1.81. The third-order valence-electron chi connectivity index (χ3n) is 0.354. The molecule has 0 rings (SSSR count). The first kappa shape index (κ1) is 25.7. The summed E-state index contributed by atoms with van der Waals surface area (Å²) >= 11 is 0. The van der Waals surface area contributed by atoms with Crippen molar-refractivity contribution in [1.82, 2.24) is 0 Å². The molecule has 0 nitrogen and oxygen atoms in total. The van der Waals surface area contributed by atoms with Gasteiger partial charge >= 0.3 is 0 Å². The summed E-state index contributed by atoms with van der Waals surface area (Å²) in [6.45, 7) is 3.89. The molecule has 0 amide bonds. The summed E-state index contributed by atoms with van der Waals surface area (Å²) in [6.07, 6.45) is 0.983. The fourth-order valence-corrected chi connectivity index (χ4v) is 0.177. The molecule has 0 N–H and O–H groups in total. The Morgan fingerprint density at radius 1 is 1.12 bits per heavy atom.